The van der Waals surface area contributed by atoms with Crippen LogP contribution in [0.4, 0.5) is 0 Å². The summed E-state index contributed by atoms with van der Waals surface area (Å²) in [7, 11) is 0. The Bertz CT molecular complexity index is 299. The van der Waals surface area contributed by atoms with Gasteiger partial charge in [0.15, 0.2) is 0 Å². The van der Waals surface area contributed by atoms with Crippen molar-refractivity contribution < 1.29 is 4.79 Å². The molecule has 1 amide bonds. The Morgan fingerprint density at radius 1 is 1.42 bits per heavy atom. The molecule has 1 saturated heterocycles. The summed E-state index contributed by atoms with van der Waals surface area (Å²) in [6, 6.07) is 0. The molecule has 2 bridgehead atoms. The predicted octanol–water partition coefficient (Wildman–Crippen LogP) is 0.961. The van der Waals surface area contributed by atoms with Gasteiger partial charge in [-0.2, -0.15) is 0 Å². The largest absolute Gasteiger partial charge is 0.335 e. The second-order valence-electron chi connectivity index (χ2n) is 3.81. The van der Waals surface area contributed by atoms with Crippen LogP contribution in [0.15, 0.2) is 23.8 Å². The molecule has 0 radical (unpaired) electrons. The van der Waals surface area contributed by atoms with E-state index in [0.29, 0.717) is 11.8 Å². The molecule has 3 rings (SSSR count). The van der Waals surface area contributed by atoms with Crippen molar-refractivity contribution in [3.05, 3.63) is 23.8 Å². The molecule has 0 aromatic rings. The molecule has 2 aliphatic carbocycles. The third kappa shape index (κ3) is 0.779. The number of carbonyl (C=O) groups excluding carboxylic acids is 1. The maximum Gasteiger partial charge on any atom is 0.250 e. The summed E-state index contributed by atoms with van der Waals surface area (Å²) in [6.45, 7) is 1.94. The second kappa shape index (κ2) is 2.00. The standard InChI is InChI=1S/C10H11NO/c12-10(11-3-4-11)9-6-7-1-2-8(9)5-7/h1-2,6-8H,3-5H2. The molecule has 0 saturated carbocycles. The fourth-order valence-corrected chi connectivity index (χ4v) is 2.10. The van der Waals surface area contributed by atoms with E-state index in [9.17, 15) is 4.79 Å². The van der Waals surface area contributed by atoms with Gasteiger partial charge in [-0.05, 0) is 12.3 Å². The van der Waals surface area contributed by atoms with Crippen molar-refractivity contribution in [1.29, 1.82) is 0 Å². The lowest BCUT2D eigenvalue weighted by molar-refractivity contribution is -0.122. The summed E-state index contributed by atoms with van der Waals surface area (Å²) < 4.78 is 0. The molecule has 1 fully saturated rings. The zero-order valence-electron chi connectivity index (χ0n) is 6.86. The normalized spacial score (nSPS) is 35.7. The smallest absolute Gasteiger partial charge is 0.250 e. The Kier molecular flexibility index (Phi) is 1.08. The van der Waals surface area contributed by atoms with E-state index in [-0.39, 0.29) is 5.91 Å². The van der Waals surface area contributed by atoms with Gasteiger partial charge in [-0.15, -0.1) is 0 Å². The van der Waals surface area contributed by atoms with Crippen LogP contribution in [-0.4, -0.2) is 23.9 Å². The first kappa shape index (κ1) is 6.46. The number of allylic oxidation sites excluding steroid dienone is 3. The van der Waals surface area contributed by atoms with Crippen LogP contribution in [0.2, 0.25) is 0 Å². The zero-order chi connectivity index (χ0) is 8.13. The predicted molar refractivity (Wildman–Crippen MR) is 45.4 cm³/mol. The van der Waals surface area contributed by atoms with Gasteiger partial charge in [-0.1, -0.05) is 18.2 Å². The second-order valence-corrected chi connectivity index (χ2v) is 3.81. The Labute approximate surface area is 71.5 Å². The Hall–Kier alpha value is -1.05. The first-order valence-electron chi connectivity index (χ1n) is 4.54. The molecule has 3 aliphatic rings. The minimum Gasteiger partial charge on any atom is -0.335 e. The summed E-state index contributed by atoms with van der Waals surface area (Å²) in [4.78, 5) is 13.5. The molecule has 0 aromatic carbocycles. The monoisotopic (exact) mass is 161 g/mol. The molecule has 1 heterocycles. The molecule has 0 N–H and O–H groups in total. The van der Waals surface area contributed by atoms with Crippen molar-refractivity contribution in [2.75, 3.05) is 13.1 Å². The number of hydrogen-bond donors (Lipinski definition) is 0. The average molecular weight is 161 g/mol. The number of nitrogens with zero attached hydrogens (tertiary/aromatic N) is 1. The van der Waals surface area contributed by atoms with Crippen molar-refractivity contribution in [3.63, 3.8) is 0 Å². The van der Waals surface area contributed by atoms with Crippen LogP contribution in [0.3, 0.4) is 0 Å². The van der Waals surface area contributed by atoms with Gasteiger partial charge in [0.1, 0.15) is 0 Å². The van der Waals surface area contributed by atoms with Gasteiger partial charge in [0.2, 0.25) is 5.91 Å². The van der Waals surface area contributed by atoms with E-state index >= 15 is 0 Å². The lowest BCUT2D eigenvalue weighted by atomic mass is 10.0. The Morgan fingerprint density at radius 2 is 2.25 bits per heavy atom. The summed E-state index contributed by atoms with van der Waals surface area (Å²) in [6.07, 6.45) is 7.69. The van der Waals surface area contributed by atoms with Crippen LogP contribution in [0.5, 0.6) is 0 Å². The fraction of sp³-hybridized carbons (Fsp3) is 0.500. The number of amides is 1. The van der Waals surface area contributed by atoms with Gasteiger partial charge in [-0.25, -0.2) is 0 Å². The highest BCUT2D eigenvalue weighted by Crippen LogP contribution is 2.39. The van der Waals surface area contributed by atoms with Gasteiger partial charge >= 0.3 is 0 Å². The average Bonchev–Trinajstić information content (AvgIpc) is 2.73. The third-order valence-electron chi connectivity index (χ3n) is 2.89. The first-order chi connectivity index (χ1) is 5.84. The molecule has 2 heteroatoms. The first-order valence-corrected chi connectivity index (χ1v) is 4.54. The number of rotatable bonds is 1. The van der Waals surface area contributed by atoms with Crippen LogP contribution in [0.1, 0.15) is 6.42 Å². The van der Waals surface area contributed by atoms with E-state index in [1.807, 2.05) is 4.90 Å². The lowest BCUT2D eigenvalue weighted by Crippen LogP contribution is -2.16. The Balaban J connectivity index is 1.85. The van der Waals surface area contributed by atoms with Crippen LogP contribution in [-0.2, 0) is 4.79 Å². The number of carbonyl (C=O) groups is 1. The maximum absolute atomic E-state index is 11.6. The van der Waals surface area contributed by atoms with Crippen molar-refractivity contribution in [3.8, 4) is 0 Å². The highest BCUT2D eigenvalue weighted by Gasteiger charge is 2.36. The van der Waals surface area contributed by atoms with E-state index in [1.165, 1.54) is 0 Å². The summed E-state index contributed by atoms with van der Waals surface area (Å²) in [5.41, 5.74) is 1.06. The van der Waals surface area contributed by atoms with E-state index in [1.54, 1.807) is 0 Å². The van der Waals surface area contributed by atoms with E-state index in [4.69, 9.17) is 0 Å². The van der Waals surface area contributed by atoms with Gasteiger partial charge < -0.3 is 4.90 Å². The summed E-state index contributed by atoms with van der Waals surface area (Å²) >= 11 is 0. The Morgan fingerprint density at radius 3 is 2.75 bits per heavy atom. The van der Waals surface area contributed by atoms with E-state index in [0.717, 1.165) is 25.1 Å². The number of hydrogen-bond acceptors (Lipinski definition) is 1. The molecule has 0 spiro atoms. The molecular formula is C10H11NO. The minimum absolute atomic E-state index is 0.284. The zero-order valence-corrected chi connectivity index (χ0v) is 6.86. The van der Waals surface area contributed by atoms with Gasteiger partial charge in [0.05, 0.1) is 0 Å². The van der Waals surface area contributed by atoms with Crippen LogP contribution in [0.25, 0.3) is 0 Å². The van der Waals surface area contributed by atoms with Crippen molar-refractivity contribution >= 4 is 5.91 Å². The lowest BCUT2D eigenvalue weighted by Gasteiger charge is -2.08. The quantitative estimate of drug-likeness (QED) is 0.414. The fourth-order valence-electron chi connectivity index (χ4n) is 2.10. The molecule has 1 aliphatic heterocycles. The van der Waals surface area contributed by atoms with Crippen LogP contribution >= 0.6 is 0 Å². The van der Waals surface area contributed by atoms with Crippen LogP contribution in [0, 0.1) is 11.8 Å². The highest BCUT2D eigenvalue weighted by atomic mass is 16.2. The van der Waals surface area contributed by atoms with Gasteiger partial charge in [0, 0.05) is 24.6 Å². The van der Waals surface area contributed by atoms with E-state index < -0.39 is 0 Å². The van der Waals surface area contributed by atoms with Crippen molar-refractivity contribution in [2.24, 2.45) is 11.8 Å². The summed E-state index contributed by atoms with van der Waals surface area (Å²) in [5.74, 6) is 1.30. The van der Waals surface area contributed by atoms with Gasteiger partial charge in [0.25, 0.3) is 0 Å². The molecule has 62 valence electrons. The minimum atomic E-state index is 0.284. The van der Waals surface area contributed by atoms with Crippen LogP contribution < -0.4 is 0 Å². The SMILES string of the molecule is O=C(C1=CC2C=CC1C2)N1CC1. The van der Waals surface area contributed by atoms with Crippen molar-refractivity contribution in [1.82, 2.24) is 4.90 Å². The summed E-state index contributed by atoms with van der Waals surface area (Å²) in [5, 5.41) is 0. The number of fused-ring (bicyclic) bond motifs is 2. The highest BCUT2D eigenvalue weighted by molar-refractivity contribution is 5.96. The molecule has 12 heavy (non-hydrogen) atoms. The maximum atomic E-state index is 11.6. The molecule has 2 unspecified atom stereocenters. The molecule has 2 atom stereocenters. The topological polar surface area (TPSA) is 20.1 Å². The van der Waals surface area contributed by atoms with Gasteiger partial charge in [-0.3, -0.25) is 4.79 Å². The molecule has 2 nitrogen and oxygen atoms in total. The molecular weight excluding hydrogens is 150 g/mol. The van der Waals surface area contributed by atoms with Crippen molar-refractivity contribution in [2.45, 2.75) is 6.42 Å². The third-order valence-corrected chi connectivity index (χ3v) is 2.89. The molecule has 0 aromatic heterocycles. The van der Waals surface area contributed by atoms with E-state index in [2.05, 4.69) is 18.2 Å².